The van der Waals surface area contributed by atoms with Crippen molar-refractivity contribution in [2.24, 2.45) is 5.92 Å². The third-order valence-corrected chi connectivity index (χ3v) is 7.10. The van der Waals surface area contributed by atoms with Crippen LogP contribution in [0, 0.1) is 5.92 Å². The summed E-state index contributed by atoms with van der Waals surface area (Å²) in [4.78, 5) is 24.7. The number of rotatable bonds is 6. The van der Waals surface area contributed by atoms with E-state index in [9.17, 15) is 4.79 Å². The van der Waals surface area contributed by atoms with Crippen molar-refractivity contribution in [3.05, 3.63) is 29.2 Å². The molecule has 1 amide bonds. The first-order valence-corrected chi connectivity index (χ1v) is 12.3. The quantitative estimate of drug-likeness (QED) is 0.700. The number of fused-ring (bicyclic) bond motifs is 1. The SMILES string of the molecule is CC1(C)CCCc2c(N3CC(C(=O)NC4CC4)C3)nc(NCc3cnn(C(C)(C)C)c3)nc21. The highest BCUT2D eigenvalue weighted by Gasteiger charge is 2.39. The first kappa shape index (κ1) is 22.2. The van der Waals surface area contributed by atoms with Crippen LogP contribution >= 0.6 is 0 Å². The topological polar surface area (TPSA) is 88.0 Å². The second-order valence-corrected chi connectivity index (χ2v) is 11.6. The Bertz CT molecular complexity index is 1040. The average molecular weight is 452 g/mol. The zero-order valence-corrected chi connectivity index (χ0v) is 20.6. The molecule has 2 N–H and O–H groups in total. The number of hydrogen-bond acceptors (Lipinski definition) is 6. The smallest absolute Gasteiger partial charge is 0.226 e. The Balaban J connectivity index is 1.35. The van der Waals surface area contributed by atoms with Gasteiger partial charge in [0.05, 0.1) is 23.3 Å². The molecule has 1 aliphatic heterocycles. The van der Waals surface area contributed by atoms with Crippen LogP contribution in [0.5, 0.6) is 0 Å². The van der Waals surface area contributed by atoms with E-state index in [1.54, 1.807) is 0 Å². The lowest BCUT2D eigenvalue weighted by molar-refractivity contribution is -0.125. The van der Waals surface area contributed by atoms with Crippen LogP contribution in [-0.2, 0) is 28.7 Å². The average Bonchev–Trinajstić information content (AvgIpc) is 3.36. The molecule has 2 aromatic rings. The summed E-state index contributed by atoms with van der Waals surface area (Å²) in [5.74, 6) is 1.93. The lowest BCUT2D eigenvalue weighted by Gasteiger charge is -2.42. The van der Waals surface area contributed by atoms with Crippen molar-refractivity contribution in [2.75, 3.05) is 23.3 Å². The van der Waals surface area contributed by atoms with Gasteiger partial charge in [-0.25, -0.2) is 4.98 Å². The number of hydrogen-bond donors (Lipinski definition) is 2. The molecule has 33 heavy (non-hydrogen) atoms. The van der Waals surface area contributed by atoms with Crippen molar-refractivity contribution in [3.8, 4) is 0 Å². The van der Waals surface area contributed by atoms with Gasteiger partial charge in [0, 0.05) is 48.4 Å². The predicted octanol–water partition coefficient (Wildman–Crippen LogP) is 3.37. The highest BCUT2D eigenvalue weighted by atomic mass is 16.2. The second-order valence-electron chi connectivity index (χ2n) is 11.6. The van der Waals surface area contributed by atoms with Gasteiger partial charge in [0.25, 0.3) is 0 Å². The maximum atomic E-state index is 12.5. The Hall–Kier alpha value is -2.64. The summed E-state index contributed by atoms with van der Waals surface area (Å²) in [7, 11) is 0. The van der Waals surface area contributed by atoms with E-state index in [4.69, 9.17) is 9.97 Å². The summed E-state index contributed by atoms with van der Waals surface area (Å²) >= 11 is 0. The molecule has 2 aromatic heterocycles. The molecule has 0 atom stereocenters. The predicted molar refractivity (Wildman–Crippen MR) is 129 cm³/mol. The van der Waals surface area contributed by atoms with E-state index in [2.05, 4.69) is 61.4 Å². The fraction of sp³-hybridized carbons (Fsp3) is 0.680. The lowest BCUT2D eigenvalue weighted by atomic mass is 9.76. The molecule has 178 valence electrons. The van der Waals surface area contributed by atoms with Crippen molar-refractivity contribution in [1.29, 1.82) is 0 Å². The molecule has 0 aromatic carbocycles. The van der Waals surface area contributed by atoms with Crippen molar-refractivity contribution in [3.63, 3.8) is 0 Å². The van der Waals surface area contributed by atoms with Crippen LogP contribution in [0.1, 0.15) is 77.1 Å². The van der Waals surface area contributed by atoms with Crippen LogP contribution in [0.2, 0.25) is 0 Å². The molecule has 0 unspecified atom stereocenters. The zero-order chi connectivity index (χ0) is 23.4. The largest absolute Gasteiger partial charge is 0.354 e. The highest BCUT2D eigenvalue weighted by Crippen LogP contribution is 2.41. The van der Waals surface area contributed by atoms with Gasteiger partial charge in [0.2, 0.25) is 11.9 Å². The van der Waals surface area contributed by atoms with Crippen LogP contribution in [0.3, 0.4) is 0 Å². The van der Waals surface area contributed by atoms with Crippen molar-refractivity contribution >= 4 is 17.7 Å². The van der Waals surface area contributed by atoms with Crippen molar-refractivity contribution in [1.82, 2.24) is 25.1 Å². The molecule has 5 rings (SSSR count). The van der Waals surface area contributed by atoms with Gasteiger partial charge in [-0.05, 0) is 52.9 Å². The molecule has 2 fully saturated rings. The van der Waals surface area contributed by atoms with Crippen LogP contribution in [0.15, 0.2) is 12.4 Å². The Morgan fingerprint density at radius 2 is 1.97 bits per heavy atom. The Labute approximate surface area is 196 Å². The van der Waals surface area contributed by atoms with E-state index in [1.165, 1.54) is 5.56 Å². The van der Waals surface area contributed by atoms with Gasteiger partial charge >= 0.3 is 0 Å². The number of anilines is 2. The fourth-order valence-electron chi connectivity index (χ4n) is 4.79. The first-order chi connectivity index (χ1) is 15.6. The van der Waals surface area contributed by atoms with Crippen LogP contribution in [0.4, 0.5) is 11.8 Å². The zero-order valence-electron chi connectivity index (χ0n) is 20.6. The maximum absolute atomic E-state index is 12.5. The Morgan fingerprint density at radius 1 is 1.21 bits per heavy atom. The van der Waals surface area contributed by atoms with Gasteiger partial charge in [-0.15, -0.1) is 0 Å². The summed E-state index contributed by atoms with van der Waals surface area (Å²) in [6.45, 7) is 13.1. The van der Waals surface area contributed by atoms with Gasteiger partial charge in [0.1, 0.15) is 5.82 Å². The van der Waals surface area contributed by atoms with E-state index in [-0.39, 0.29) is 22.8 Å². The number of carbonyl (C=O) groups is 1. The van der Waals surface area contributed by atoms with Gasteiger partial charge in [0.15, 0.2) is 0 Å². The van der Waals surface area contributed by atoms with Gasteiger partial charge in [-0.1, -0.05) is 13.8 Å². The van der Waals surface area contributed by atoms with Gasteiger partial charge < -0.3 is 15.5 Å². The van der Waals surface area contributed by atoms with Gasteiger partial charge in [-0.2, -0.15) is 10.1 Å². The molecular formula is C25H37N7O. The highest BCUT2D eigenvalue weighted by molar-refractivity contribution is 5.82. The lowest BCUT2D eigenvalue weighted by Crippen LogP contribution is -2.55. The number of amides is 1. The molecule has 3 heterocycles. The minimum Gasteiger partial charge on any atom is -0.354 e. The molecule has 8 heteroatoms. The first-order valence-electron chi connectivity index (χ1n) is 12.3. The van der Waals surface area contributed by atoms with Crippen LogP contribution in [-0.4, -0.2) is 44.8 Å². The van der Waals surface area contributed by atoms with E-state index in [0.717, 1.165) is 62.3 Å². The van der Waals surface area contributed by atoms with E-state index >= 15 is 0 Å². The summed E-state index contributed by atoms with van der Waals surface area (Å²) in [5.41, 5.74) is 3.49. The summed E-state index contributed by atoms with van der Waals surface area (Å²) < 4.78 is 1.99. The summed E-state index contributed by atoms with van der Waals surface area (Å²) in [6.07, 6.45) is 9.51. The molecule has 3 aliphatic rings. The third-order valence-electron chi connectivity index (χ3n) is 7.10. The molecule has 0 bridgehead atoms. The molecule has 1 saturated carbocycles. The Morgan fingerprint density at radius 3 is 2.64 bits per heavy atom. The molecule has 0 spiro atoms. The molecular weight excluding hydrogens is 414 g/mol. The van der Waals surface area contributed by atoms with Crippen molar-refractivity contribution in [2.45, 2.75) is 90.3 Å². The van der Waals surface area contributed by atoms with Crippen LogP contribution in [0.25, 0.3) is 0 Å². The fourth-order valence-corrected chi connectivity index (χ4v) is 4.79. The molecule has 2 aliphatic carbocycles. The molecule has 8 nitrogen and oxygen atoms in total. The normalized spacial score (nSPS) is 20.2. The van der Waals surface area contributed by atoms with Crippen LogP contribution < -0.4 is 15.5 Å². The number of nitrogens with one attached hydrogen (secondary N) is 2. The third kappa shape index (κ3) is 4.57. The number of carbonyl (C=O) groups excluding carboxylic acids is 1. The molecule has 1 saturated heterocycles. The second kappa shape index (κ2) is 7.99. The Kier molecular flexibility index (Phi) is 5.37. The standard InChI is InChI=1S/C25H37N7O/c1-24(2,3)32-13-16(12-27-32)11-26-23-29-20-19(7-6-10-25(20,4)5)21(30-23)31-14-17(15-31)22(33)28-18-8-9-18/h12-13,17-18H,6-11,14-15H2,1-5H3,(H,28,33)(H,26,29,30). The van der Waals surface area contributed by atoms with Crippen molar-refractivity contribution < 1.29 is 4.79 Å². The monoisotopic (exact) mass is 451 g/mol. The summed E-state index contributed by atoms with van der Waals surface area (Å²) in [6, 6.07) is 0.414. The van der Waals surface area contributed by atoms with E-state index in [0.29, 0.717) is 18.5 Å². The van der Waals surface area contributed by atoms with Gasteiger partial charge in [-0.3, -0.25) is 9.48 Å². The van der Waals surface area contributed by atoms with E-state index in [1.807, 2.05) is 10.9 Å². The van der Waals surface area contributed by atoms with E-state index < -0.39 is 0 Å². The minimum atomic E-state index is -0.0440. The number of aromatic nitrogens is 4. The minimum absolute atomic E-state index is 0.0203. The summed E-state index contributed by atoms with van der Waals surface area (Å²) in [5, 5.41) is 11.1. The maximum Gasteiger partial charge on any atom is 0.226 e. The number of nitrogens with zero attached hydrogens (tertiary/aromatic N) is 5. The molecule has 0 radical (unpaired) electrons.